The lowest BCUT2D eigenvalue weighted by molar-refractivity contribution is 0.282. The second-order valence-electron chi connectivity index (χ2n) is 4.91. The second-order valence-corrected chi connectivity index (χ2v) is 4.91. The maximum absolute atomic E-state index is 9.33. The summed E-state index contributed by atoms with van der Waals surface area (Å²) < 4.78 is 0. The third-order valence-electron chi connectivity index (χ3n) is 3.46. The number of phenolic OH excluding ortho intramolecular Hbond substituents is 1. The Hall–Kier alpha value is -1.84. The minimum Gasteiger partial charge on any atom is -0.508 e. The van der Waals surface area contributed by atoms with Gasteiger partial charge in [0.05, 0.1) is 6.61 Å². The van der Waals surface area contributed by atoms with Crippen LogP contribution in [-0.2, 0) is 13.2 Å². The van der Waals surface area contributed by atoms with Gasteiger partial charge in [-0.25, -0.2) is 0 Å². The highest BCUT2D eigenvalue weighted by molar-refractivity contribution is 5.28. The third kappa shape index (κ3) is 3.83. The maximum Gasteiger partial charge on any atom is 0.115 e. The Labute approximate surface area is 119 Å². The molecule has 0 saturated carbocycles. The molecule has 1 atom stereocenters. The number of aliphatic hydroxyl groups excluding tert-OH is 1. The predicted molar refractivity (Wildman–Crippen MR) is 80.3 cm³/mol. The van der Waals surface area contributed by atoms with Crippen LogP contribution >= 0.6 is 0 Å². The molecule has 0 fully saturated rings. The number of rotatable bonds is 6. The van der Waals surface area contributed by atoms with Crippen molar-refractivity contribution in [3.63, 3.8) is 0 Å². The Balaban J connectivity index is 1.97. The lowest BCUT2D eigenvalue weighted by Crippen LogP contribution is -2.20. The Kier molecular flexibility index (Phi) is 5.16. The fourth-order valence-corrected chi connectivity index (χ4v) is 2.21. The molecule has 0 amide bonds. The molecule has 0 spiro atoms. The van der Waals surface area contributed by atoms with Gasteiger partial charge in [0, 0.05) is 12.6 Å². The molecule has 1 unspecified atom stereocenters. The summed E-state index contributed by atoms with van der Waals surface area (Å²) in [5.41, 5.74) is 3.30. The van der Waals surface area contributed by atoms with E-state index in [1.165, 1.54) is 11.1 Å². The van der Waals surface area contributed by atoms with Gasteiger partial charge in [0.25, 0.3) is 0 Å². The summed E-state index contributed by atoms with van der Waals surface area (Å²) in [5.74, 6) is 0.295. The van der Waals surface area contributed by atoms with Crippen LogP contribution in [0.5, 0.6) is 5.75 Å². The normalized spacial score (nSPS) is 12.3. The van der Waals surface area contributed by atoms with Crippen LogP contribution < -0.4 is 5.32 Å². The predicted octanol–water partition coefficient (Wildman–Crippen LogP) is 3.13. The Morgan fingerprint density at radius 1 is 0.950 bits per heavy atom. The van der Waals surface area contributed by atoms with Gasteiger partial charge in [-0.15, -0.1) is 0 Å². The number of nitrogens with one attached hydrogen (secondary N) is 1. The van der Waals surface area contributed by atoms with E-state index in [-0.39, 0.29) is 12.6 Å². The average molecular weight is 271 g/mol. The fraction of sp³-hybridized carbons (Fsp3) is 0.294. The standard InChI is InChI=1S/C17H21NO2/c1-2-17(15-7-9-16(20)10-8-15)18-11-13-3-5-14(12-19)6-4-13/h3-10,17-20H,2,11-12H2,1H3. The van der Waals surface area contributed by atoms with Gasteiger partial charge in [-0.1, -0.05) is 43.3 Å². The van der Waals surface area contributed by atoms with Crippen molar-refractivity contribution in [1.82, 2.24) is 5.32 Å². The van der Waals surface area contributed by atoms with Gasteiger partial charge in [0.15, 0.2) is 0 Å². The van der Waals surface area contributed by atoms with Crippen LogP contribution in [0.1, 0.15) is 36.1 Å². The van der Waals surface area contributed by atoms with Crippen molar-refractivity contribution in [1.29, 1.82) is 0 Å². The zero-order chi connectivity index (χ0) is 14.4. The molecule has 3 heteroatoms. The number of phenols is 1. The van der Waals surface area contributed by atoms with Gasteiger partial charge < -0.3 is 15.5 Å². The van der Waals surface area contributed by atoms with Crippen LogP contribution in [0.4, 0.5) is 0 Å². The molecule has 3 N–H and O–H groups in total. The fourth-order valence-electron chi connectivity index (χ4n) is 2.21. The highest BCUT2D eigenvalue weighted by Gasteiger charge is 2.08. The van der Waals surface area contributed by atoms with Gasteiger partial charge in [-0.3, -0.25) is 0 Å². The minimum absolute atomic E-state index is 0.0821. The van der Waals surface area contributed by atoms with E-state index in [2.05, 4.69) is 12.2 Å². The number of aromatic hydroxyl groups is 1. The summed E-state index contributed by atoms with van der Waals surface area (Å²) >= 11 is 0. The summed E-state index contributed by atoms with van der Waals surface area (Å²) in [7, 11) is 0. The molecule has 0 heterocycles. The summed E-state index contributed by atoms with van der Waals surface area (Å²) in [6.07, 6.45) is 0.986. The van der Waals surface area contributed by atoms with E-state index in [0.717, 1.165) is 18.5 Å². The summed E-state index contributed by atoms with van der Waals surface area (Å²) in [6, 6.07) is 15.6. The van der Waals surface area contributed by atoms with Crippen molar-refractivity contribution in [2.75, 3.05) is 0 Å². The van der Waals surface area contributed by atoms with Gasteiger partial charge >= 0.3 is 0 Å². The Morgan fingerprint density at radius 2 is 1.55 bits per heavy atom. The van der Waals surface area contributed by atoms with Gasteiger partial charge in [-0.2, -0.15) is 0 Å². The van der Waals surface area contributed by atoms with Crippen LogP contribution in [0.15, 0.2) is 48.5 Å². The van der Waals surface area contributed by atoms with E-state index in [9.17, 15) is 5.11 Å². The summed E-state index contributed by atoms with van der Waals surface area (Å²) in [6.45, 7) is 3.00. The quantitative estimate of drug-likeness (QED) is 0.756. The van der Waals surface area contributed by atoms with E-state index in [0.29, 0.717) is 5.75 Å². The average Bonchev–Trinajstić information content (AvgIpc) is 2.50. The molecule has 3 nitrogen and oxygen atoms in total. The van der Waals surface area contributed by atoms with Crippen LogP contribution in [0.3, 0.4) is 0 Å². The molecule has 0 aliphatic carbocycles. The van der Waals surface area contributed by atoms with Crippen molar-refractivity contribution in [2.24, 2.45) is 0 Å². The number of hydrogen-bond donors (Lipinski definition) is 3. The van der Waals surface area contributed by atoms with Crippen LogP contribution in [0.2, 0.25) is 0 Å². The van der Waals surface area contributed by atoms with Crippen molar-refractivity contribution in [2.45, 2.75) is 32.5 Å². The zero-order valence-electron chi connectivity index (χ0n) is 11.7. The summed E-state index contributed by atoms with van der Waals surface area (Å²) in [4.78, 5) is 0. The van der Waals surface area contributed by atoms with Crippen molar-refractivity contribution in [3.05, 3.63) is 65.2 Å². The number of hydrogen-bond acceptors (Lipinski definition) is 3. The largest absolute Gasteiger partial charge is 0.508 e. The van der Waals surface area contributed by atoms with E-state index < -0.39 is 0 Å². The first-order chi connectivity index (χ1) is 9.72. The van der Waals surface area contributed by atoms with Crippen molar-refractivity contribution >= 4 is 0 Å². The van der Waals surface area contributed by atoms with Crippen LogP contribution in [0.25, 0.3) is 0 Å². The van der Waals surface area contributed by atoms with Gasteiger partial charge in [0.1, 0.15) is 5.75 Å². The van der Waals surface area contributed by atoms with Crippen molar-refractivity contribution < 1.29 is 10.2 Å². The van der Waals surface area contributed by atoms with Crippen LogP contribution in [0, 0.1) is 0 Å². The number of benzene rings is 2. The molecule has 0 saturated heterocycles. The summed E-state index contributed by atoms with van der Waals surface area (Å²) in [5, 5.41) is 21.9. The van der Waals surface area contributed by atoms with Gasteiger partial charge in [-0.05, 0) is 35.2 Å². The first-order valence-corrected chi connectivity index (χ1v) is 6.94. The zero-order valence-corrected chi connectivity index (χ0v) is 11.7. The van der Waals surface area contributed by atoms with E-state index in [1.54, 1.807) is 12.1 Å². The first-order valence-electron chi connectivity index (χ1n) is 6.94. The molecule has 0 bridgehead atoms. The smallest absolute Gasteiger partial charge is 0.115 e. The van der Waals surface area contributed by atoms with E-state index in [4.69, 9.17) is 5.11 Å². The Bertz CT molecular complexity index is 520. The third-order valence-corrected chi connectivity index (χ3v) is 3.46. The molecule has 106 valence electrons. The topological polar surface area (TPSA) is 52.5 Å². The lowest BCUT2D eigenvalue weighted by Gasteiger charge is -2.17. The molecule has 20 heavy (non-hydrogen) atoms. The highest BCUT2D eigenvalue weighted by atomic mass is 16.3. The molecule has 0 aromatic heterocycles. The highest BCUT2D eigenvalue weighted by Crippen LogP contribution is 2.20. The monoisotopic (exact) mass is 271 g/mol. The SMILES string of the molecule is CCC(NCc1ccc(CO)cc1)c1ccc(O)cc1. The molecule has 2 aromatic rings. The molecule has 2 aromatic carbocycles. The van der Waals surface area contributed by atoms with Gasteiger partial charge in [0.2, 0.25) is 0 Å². The lowest BCUT2D eigenvalue weighted by atomic mass is 10.0. The van der Waals surface area contributed by atoms with Crippen molar-refractivity contribution in [3.8, 4) is 5.75 Å². The molecular weight excluding hydrogens is 250 g/mol. The second kappa shape index (κ2) is 7.08. The molecular formula is C17H21NO2. The molecule has 0 aliphatic heterocycles. The van der Waals surface area contributed by atoms with E-state index in [1.807, 2.05) is 36.4 Å². The maximum atomic E-state index is 9.33. The number of aliphatic hydroxyl groups is 1. The Morgan fingerprint density at radius 3 is 2.10 bits per heavy atom. The molecule has 2 rings (SSSR count). The van der Waals surface area contributed by atoms with E-state index >= 15 is 0 Å². The molecule has 0 radical (unpaired) electrons. The van der Waals surface area contributed by atoms with Crippen LogP contribution in [-0.4, -0.2) is 10.2 Å². The first kappa shape index (κ1) is 14.6. The molecule has 0 aliphatic rings. The minimum atomic E-state index is 0.0821.